The minimum atomic E-state index is -0.396. The number of nitrogens with one attached hydrogen (secondary N) is 2. The number of hydrogen-bond acceptors (Lipinski definition) is 3. The van der Waals surface area contributed by atoms with E-state index in [-0.39, 0.29) is 30.3 Å². The summed E-state index contributed by atoms with van der Waals surface area (Å²) in [5.74, 6) is 0.101. The number of hydrogen-bond donors (Lipinski definition) is 3. The molecule has 0 spiro atoms. The monoisotopic (exact) mass is 292 g/mol. The first-order valence-electron chi connectivity index (χ1n) is 7.16. The number of rotatable bonds is 7. The summed E-state index contributed by atoms with van der Waals surface area (Å²) in [5.41, 5.74) is -0.355. The Bertz CT molecular complexity index is 275. The summed E-state index contributed by atoms with van der Waals surface area (Å²) < 4.78 is 0. The maximum Gasteiger partial charge on any atom is 0.240 e. The van der Waals surface area contributed by atoms with Crippen LogP contribution in [-0.2, 0) is 4.79 Å². The summed E-state index contributed by atoms with van der Waals surface area (Å²) in [6.45, 7) is 8.00. The Labute approximate surface area is 123 Å². The molecule has 1 atom stereocenters. The molecule has 0 aromatic heterocycles. The minimum Gasteiger partial charge on any atom is -0.396 e. The van der Waals surface area contributed by atoms with Crippen molar-refractivity contribution in [2.24, 2.45) is 5.41 Å². The van der Waals surface area contributed by atoms with E-state index in [9.17, 15) is 4.79 Å². The van der Waals surface area contributed by atoms with Crippen molar-refractivity contribution in [1.82, 2.24) is 10.6 Å². The molecule has 1 heterocycles. The van der Waals surface area contributed by atoms with Crippen LogP contribution in [0.25, 0.3) is 0 Å². The second-order valence-corrected chi connectivity index (χ2v) is 5.73. The van der Waals surface area contributed by atoms with Gasteiger partial charge in [0, 0.05) is 13.2 Å². The largest absolute Gasteiger partial charge is 0.396 e. The lowest BCUT2D eigenvalue weighted by Gasteiger charge is -2.33. The number of aliphatic hydroxyl groups excluding tert-OH is 1. The van der Waals surface area contributed by atoms with Gasteiger partial charge >= 0.3 is 0 Å². The predicted octanol–water partition coefficient (Wildman–Crippen LogP) is 1.86. The Hall–Kier alpha value is -0.320. The number of aliphatic hydroxyl groups is 1. The van der Waals surface area contributed by atoms with Gasteiger partial charge in [-0.2, -0.15) is 0 Å². The molecule has 1 aliphatic rings. The second-order valence-electron chi connectivity index (χ2n) is 5.73. The highest BCUT2D eigenvalue weighted by molar-refractivity contribution is 5.86. The van der Waals surface area contributed by atoms with Gasteiger partial charge < -0.3 is 15.7 Å². The van der Waals surface area contributed by atoms with Crippen molar-refractivity contribution in [1.29, 1.82) is 0 Å². The lowest BCUT2D eigenvalue weighted by atomic mass is 9.79. The molecule has 1 rings (SSSR count). The van der Waals surface area contributed by atoms with Crippen molar-refractivity contribution in [3.63, 3.8) is 0 Å². The molecule has 114 valence electrons. The Morgan fingerprint density at radius 3 is 2.47 bits per heavy atom. The van der Waals surface area contributed by atoms with Crippen LogP contribution in [0.15, 0.2) is 0 Å². The van der Waals surface area contributed by atoms with Gasteiger partial charge in [0.25, 0.3) is 0 Å². The van der Waals surface area contributed by atoms with E-state index in [0.29, 0.717) is 6.54 Å². The van der Waals surface area contributed by atoms with Gasteiger partial charge in [-0.1, -0.05) is 13.8 Å². The molecule has 0 radical (unpaired) electrons. The molecule has 1 aliphatic heterocycles. The zero-order valence-electron chi connectivity index (χ0n) is 12.4. The normalized spacial score (nSPS) is 22.9. The zero-order valence-corrected chi connectivity index (χ0v) is 13.2. The summed E-state index contributed by atoms with van der Waals surface area (Å²) in [6, 6.07) is 0. The molecule has 4 nitrogen and oxygen atoms in total. The molecule has 19 heavy (non-hydrogen) atoms. The molecule has 1 saturated heterocycles. The highest BCUT2D eigenvalue weighted by atomic mass is 35.5. The van der Waals surface area contributed by atoms with Gasteiger partial charge in [0.15, 0.2) is 0 Å². The number of carbonyl (C=O) groups is 1. The smallest absolute Gasteiger partial charge is 0.240 e. The van der Waals surface area contributed by atoms with Crippen LogP contribution in [-0.4, -0.2) is 36.2 Å². The molecule has 5 heteroatoms. The van der Waals surface area contributed by atoms with Gasteiger partial charge in [-0.3, -0.25) is 4.79 Å². The Kier molecular flexibility index (Phi) is 7.94. The maximum absolute atomic E-state index is 12.2. The molecule has 1 fully saturated rings. The quantitative estimate of drug-likeness (QED) is 0.671. The number of halogens is 1. The van der Waals surface area contributed by atoms with E-state index in [4.69, 9.17) is 5.11 Å². The molecule has 0 aromatic carbocycles. The van der Waals surface area contributed by atoms with Crippen LogP contribution in [0, 0.1) is 5.41 Å². The molecule has 1 amide bonds. The van der Waals surface area contributed by atoms with Gasteiger partial charge in [-0.15, -0.1) is 12.4 Å². The van der Waals surface area contributed by atoms with Crippen LogP contribution in [0.1, 0.15) is 52.9 Å². The number of carbonyl (C=O) groups excluding carboxylic acids is 1. The van der Waals surface area contributed by atoms with Gasteiger partial charge in [0.1, 0.15) is 0 Å². The minimum absolute atomic E-state index is 0. The van der Waals surface area contributed by atoms with Crippen molar-refractivity contribution >= 4 is 18.3 Å². The third-order valence-electron chi connectivity index (χ3n) is 4.64. The zero-order chi connectivity index (χ0) is 13.6. The third-order valence-corrected chi connectivity index (χ3v) is 4.64. The summed E-state index contributed by atoms with van der Waals surface area (Å²) in [4.78, 5) is 12.2. The lowest BCUT2D eigenvalue weighted by molar-refractivity contribution is -0.127. The molecular weight excluding hydrogens is 264 g/mol. The standard InChI is InChI=1S/C14H28N2O2.ClH/c1-4-14(5-2,8-10-17)11-15-12(18)13(3)7-6-9-16-13;/h16-17H,4-11H2,1-3H3,(H,15,18);1H. The van der Waals surface area contributed by atoms with Crippen LogP contribution in [0.5, 0.6) is 0 Å². The van der Waals surface area contributed by atoms with Crippen molar-refractivity contribution in [3.05, 3.63) is 0 Å². The highest BCUT2D eigenvalue weighted by Crippen LogP contribution is 2.29. The summed E-state index contributed by atoms with van der Waals surface area (Å²) >= 11 is 0. The van der Waals surface area contributed by atoms with E-state index in [1.807, 2.05) is 6.92 Å². The fraction of sp³-hybridized carbons (Fsp3) is 0.929. The molecule has 3 N–H and O–H groups in total. The van der Waals surface area contributed by atoms with Gasteiger partial charge in [-0.05, 0) is 51.0 Å². The highest BCUT2D eigenvalue weighted by Gasteiger charge is 2.37. The SMILES string of the molecule is CCC(CC)(CCO)CNC(=O)C1(C)CCCN1.Cl. The first-order chi connectivity index (χ1) is 8.52. The van der Waals surface area contributed by atoms with Gasteiger partial charge in [0.2, 0.25) is 5.91 Å². The number of amides is 1. The van der Waals surface area contributed by atoms with E-state index >= 15 is 0 Å². The van der Waals surface area contributed by atoms with E-state index in [2.05, 4.69) is 24.5 Å². The van der Waals surface area contributed by atoms with E-state index in [1.165, 1.54) is 0 Å². The van der Waals surface area contributed by atoms with E-state index in [0.717, 1.165) is 38.6 Å². The Morgan fingerprint density at radius 2 is 2.05 bits per heavy atom. The van der Waals surface area contributed by atoms with Crippen LogP contribution in [0.4, 0.5) is 0 Å². The Morgan fingerprint density at radius 1 is 1.42 bits per heavy atom. The van der Waals surface area contributed by atoms with Crippen LogP contribution in [0.3, 0.4) is 0 Å². The predicted molar refractivity (Wildman–Crippen MR) is 80.6 cm³/mol. The first kappa shape index (κ1) is 18.7. The van der Waals surface area contributed by atoms with Gasteiger partial charge in [-0.25, -0.2) is 0 Å². The topological polar surface area (TPSA) is 61.4 Å². The summed E-state index contributed by atoms with van der Waals surface area (Å²) in [5, 5.41) is 15.5. The molecule has 0 aliphatic carbocycles. The van der Waals surface area contributed by atoms with Crippen LogP contribution in [0.2, 0.25) is 0 Å². The average molecular weight is 293 g/mol. The fourth-order valence-electron chi connectivity index (χ4n) is 2.73. The van der Waals surface area contributed by atoms with Crippen LogP contribution < -0.4 is 10.6 Å². The lowest BCUT2D eigenvalue weighted by Crippen LogP contribution is -2.53. The third kappa shape index (κ3) is 4.62. The second kappa shape index (κ2) is 8.08. The molecule has 0 bridgehead atoms. The van der Waals surface area contributed by atoms with Gasteiger partial charge in [0.05, 0.1) is 5.54 Å². The maximum atomic E-state index is 12.2. The van der Waals surface area contributed by atoms with Crippen molar-refractivity contribution < 1.29 is 9.90 Å². The van der Waals surface area contributed by atoms with Crippen molar-refractivity contribution in [3.8, 4) is 0 Å². The first-order valence-corrected chi connectivity index (χ1v) is 7.16. The fourth-order valence-corrected chi connectivity index (χ4v) is 2.73. The Balaban J connectivity index is 0.00000324. The van der Waals surface area contributed by atoms with E-state index < -0.39 is 5.54 Å². The summed E-state index contributed by atoms with van der Waals surface area (Å²) in [6.07, 6.45) is 4.69. The molecule has 0 saturated carbocycles. The average Bonchev–Trinajstić information content (AvgIpc) is 2.82. The van der Waals surface area contributed by atoms with Crippen molar-refractivity contribution in [2.75, 3.05) is 19.7 Å². The van der Waals surface area contributed by atoms with E-state index in [1.54, 1.807) is 0 Å². The summed E-state index contributed by atoms with van der Waals surface area (Å²) in [7, 11) is 0. The molecule has 0 aromatic rings. The van der Waals surface area contributed by atoms with Crippen LogP contribution >= 0.6 is 12.4 Å². The van der Waals surface area contributed by atoms with Crippen molar-refractivity contribution in [2.45, 2.75) is 58.4 Å². The molecular formula is C14H29ClN2O2. The molecule has 1 unspecified atom stereocenters.